The molecule has 1 fully saturated rings. The van der Waals surface area contributed by atoms with Crippen molar-refractivity contribution in [1.82, 2.24) is 0 Å². The van der Waals surface area contributed by atoms with Gasteiger partial charge in [0.1, 0.15) is 0 Å². The molecule has 0 spiro atoms. The standard InChI is InChI=1S/C17H25NO4S2/c1-20-14-10-12(11-15(21-2)17(14)22-3)18-16(19)7-5-4-6-13-8-9-23-24-13/h10-11,13H,4-9H2,1-3H3,(H,18,19)/t13-/m0/s1. The summed E-state index contributed by atoms with van der Waals surface area (Å²) in [5, 5.41) is 3.68. The Labute approximate surface area is 151 Å². The monoisotopic (exact) mass is 371 g/mol. The van der Waals surface area contributed by atoms with Gasteiger partial charge in [0.25, 0.3) is 0 Å². The summed E-state index contributed by atoms with van der Waals surface area (Å²) in [5.41, 5.74) is 0.650. The normalized spacial score (nSPS) is 16.7. The Balaban J connectivity index is 1.84. The molecule has 1 atom stereocenters. The van der Waals surface area contributed by atoms with Gasteiger partial charge in [-0.1, -0.05) is 28.0 Å². The Morgan fingerprint density at radius 1 is 1.17 bits per heavy atom. The van der Waals surface area contributed by atoms with E-state index in [0.29, 0.717) is 29.4 Å². The highest BCUT2D eigenvalue weighted by molar-refractivity contribution is 8.77. The minimum Gasteiger partial charge on any atom is -0.493 e. The summed E-state index contributed by atoms with van der Waals surface area (Å²) in [6.45, 7) is 0. The first kappa shape index (κ1) is 19.1. The fraction of sp³-hybridized carbons (Fsp3) is 0.588. The van der Waals surface area contributed by atoms with Crippen molar-refractivity contribution in [3.05, 3.63) is 12.1 Å². The van der Waals surface area contributed by atoms with Gasteiger partial charge in [-0.2, -0.15) is 0 Å². The number of unbranched alkanes of at least 4 members (excludes halogenated alkanes) is 1. The van der Waals surface area contributed by atoms with Gasteiger partial charge >= 0.3 is 0 Å². The molecule has 1 aromatic carbocycles. The minimum absolute atomic E-state index is 0.0118. The lowest BCUT2D eigenvalue weighted by atomic mass is 10.1. The topological polar surface area (TPSA) is 56.8 Å². The molecule has 0 bridgehead atoms. The lowest BCUT2D eigenvalue weighted by Crippen LogP contribution is -2.12. The molecule has 1 aliphatic rings. The molecule has 0 radical (unpaired) electrons. The molecule has 24 heavy (non-hydrogen) atoms. The zero-order valence-corrected chi connectivity index (χ0v) is 16.1. The first-order valence-electron chi connectivity index (χ1n) is 8.06. The lowest BCUT2D eigenvalue weighted by molar-refractivity contribution is -0.116. The second kappa shape index (κ2) is 9.93. The highest BCUT2D eigenvalue weighted by atomic mass is 33.1. The number of benzene rings is 1. The van der Waals surface area contributed by atoms with Crippen molar-refractivity contribution in [2.24, 2.45) is 0 Å². The molecule has 0 aliphatic carbocycles. The number of rotatable bonds is 9. The number of anilines is 1. The second-order valence-electron chi connectivity index (χ2n) is 5.54. The average Bonchev–Trinajstić information content (AvgIpc) is 3.11. The molecular formula is C17H25NO4S2. The molecular weight excluding hydrogens is 346 g/mol. The maximum atomic E-state index is 12.1. The van der Waals surface area contributed by atoms with Crippen molar-refractivity contribution >= 4 is 33.2 Å². The van der Waals surface area contributed by atoms with Crippen molar-refractivity contribution in [3.8, 4) is 17.2 Å². The van der Waals surface area contributed by atoms with Gasteiger partial charge in [-0.05, 0) is 19.3 Å². The van der Waals surface area contributed by atoms with Crippen molar-refractivity contribution in [2.75, 3.05) is 32.4 Å². The number of carbonyl (C=O) groups excluding carboxylic acids is 1. The number of ether oxygens (including phenoxy) is 3. The zero-order valence-electron chi connectivity index (χ0n) is 14.4. The van der Waals surface area contributed by atoms with Crippen LogP contribution in [0.1, 0.15) is 32.1 Å². The largest absolute Gasteiger partial charge is 0.493 e. The van der Waals surface area contributed by atoms with Crippen molar-refractivity contribution in [2.45, 2.75) is 37.4 Å². The van der Waals surface area contributed by atoms with E-state index in [1.807, 2.05) is 21.6 Å². The van der Waals surface area contributed by atoms with E-state index in [1.54, 1.807) is 33.5 Å². The molecule has 1 N–H and O–H groups in total. The van der Waals surface area contributed by atoms with E-state index >= 15 is 0 Å². The highest BCUT2D eigenvalue weighted by Gasteiger charge is 2.16. The van der Waals surface area contributed by atoms with Crippen LogP contribution < -0.4 is 19.5 Å². The summed E-state index contributed by atoms with van der Waals surface area (Å²) in [5.74, 6) is 2.85. The Bertz CT molecular complexity index is 522. The van der Waals surface area contributed by atoms with E-state index in [-0.39, 0.29) is 5.91 Å². The van der Waals surface area contributed by atoms with Gasteiger partial charge in [0.15, 0.2) is 11.5 Å². The van der Waals surface area contributed by atoms with Gasteiger partial charge < -0.3 is 19.5 Å². The van der Waals surface area contributed by atoms with Crippen LogP contribution in [0.15, 0.2) is 12.1 Å². The molecule has 7 heteroatoms. The summed E-state index contributed by atoms with van der Waals surface area (Å²) < 4.78 is 15.9. The summed E-state index contributed by atoms with van der Waals surface area (Å²) >= 11 is 0. The summed E-state index contributed by atoms with van der Waals surface area (Å²) in [7, 11) is 8.62. The Morgan fingerprint density at radius 2 is 1.88 bits per heavy atom. The highest BCUT2D eigenvalue weighted by Crippen LogP contribution is 2.40. The number of amides is 1. The number of methoxy groups -OCH3 is 3. The molecule has 0 aromatic heterocycles. The van der Waals surface area contributed by atoms with Crippen LogP contribution in [-0.2, 0) is 4.79 Å². The van der Waals surface area contributed by atoms with Crippen LogP contribution in [0.3, 0.4) is 0 Å². The van der Waals surface area contributed by atoms with Gasteiger partial charge in [-0.3, -0.25) is 4.79 Å². The molecule has 2 rings (SSSR count). The zero-order chi connectivity index (χ0) is 17.4. The van der Waals surface area contributed by atoms with Gasteiger partial charge in [-0.25, -0.2) is 0 Å². The Morgan fingerprint density at radius 3 is 2.42 bits per heavy atom. The van der Waals surface area contributed by atoms with Crippen LogP contribution in [0.4, 0.5) is 5.69 Å². The smallest absolute Gasteiger partial charge is 0.224 e. The third-order valence-electron chi connectivity index (χ3n) is 3.86. The quantitative estimate of drug-likeness (QED) is 0.514. The summed E-state index contributed by atoms with van der Waals surface area (Å²) in [4.78, 5) is 12.1. The van der Waals surface area contributed by atoms with Crippen molar-refractivity contribution in [1.29, 1.82) is 0 Å². The SMILES string of the molecule is COc1cc(NC(=O)CCCC[C@H]2CCSS2)cc(OC)c1OC. The number of carbonyl (C=O) groups is 1. The second-order valence-corrected chi connectivity index (χ2v) is 8.32. The molecule has 5 nitrogen and oxygen atoms in total. The van der Waals surface area contributed by atoms with Crippen molar-refractivity contribution < 1.29 is 19.0 Å². The van der Waals surface area contributed by atoms with E-state index in [4.69, 9.17) is 14.2 Å². The lowest BCUT2D eigenvalue weighted by Gasteiger charge is -2.14. The van der Waals surface area contributed by atoms with Gasteiger partial charge in [0.2, 0.25) is 11.7 Å². The van der Waals surface area contributed by atoms with Crippen LogP contribution in [0, 0.1) is 0 Å². The van der Waals surface area contributed by atoms with E-state index < -0.39 is 0 Å². The van der Waals surface area contributed by atoms with Crippen LogP contribution in [-0.4, -0.2) is 38.2 Å². The summed E-state index contributed by atoms with van der Waals surface area (Å²) in [6.07, 6.45) is 5.04. The fourth-order valence-corrected chi connectivity index (χ4v) is 5.63. The molecule has 0 unspecified atom stereocenters. The maximum Gasteiger partial charge on any atom is 0.224 e. The fourth-order valence-electron chi connectivity index (χ4n) is 2.60. The predicted octanol–water partition coefficient (Wildman–Crippen LogP) is 4.37. The van der Waals surface area contributed by atoms with Gasteiger partial charge in [0.05, 0.1) is 21.3 Å². The van der Waals surface area contributed by atoms with Gasteiger partial charge in [0, 0.05) is 35.2 Å². The van der Waals surface area contributed by atoms with Crippen LogP contribution in [0.25, 0.3) is 0 Å². The minimum atomic E-state index is 0.0118. The Hall–Kier alpha value is -1.21. The van der Waals surface area contributed by atoms with Crippen LogP contribution in [0.2, 0.25) is 0 Å². The van der Waals surface area contributed by atoms with E-state index in [2.05, 4.69) is 5.32 Å². The molecule has 1 saturated heterocycles. The average molecular weight is 372 g/mol. The third-order valence-corrected chi connectivity index (χ3v) is 6.86. The molecule has 0 saturated carbocycles. The van der Waals surface area contributed by atoms with Crippen LogP contribution >= 0.6 is 21.6 Å². The third kappa shape index (κ3) is 5.41. The van der Waals surface area contributed by atoms with E-state index in [1.165, 1.54) is 18.6 Å². The van der Waals surface area contributed by atoms with Crippen LogP contribution in [0.5, 0.6) is 17.2 Å². The Kier molecular flexibility index (Phi) is 7.91. The molecule has 1 aliphatic heterocycles. The molecule has 1 aromatic rings. The van der Waals surface area contributed by atoms with E-state index in [9.17, 15) is 4.79 Å². The number of hydrogen-bond acceptors (Lipinski definition) is 6. The number of hydrogen-bond donors (Lipinski definition) is 1. The summed E-state index contributed by atoms with van der Waals surface area (Å²) in [6, 6.07) is 3.48. The first-order chi connectivity index (χ1) is 11.7. The molecule has 1 amide bonds. The molecule has 134 valence electrons. The van der Waals surface area contributed by atoms with Gasteiger partial charge in [-0.15, -0.1) is 0 Å². The van der Waals surface area contributed by atoms with E-state index in [0.717, 1.165) is 18.1 Å². The number of nitrogens with one attached hydrogen (secondary N) is 1. The predicted molar refractivity (Wildman–Crippen MR) is 102 cm³/mol. The van der Waals surface area contributed by atoms with Crippen molar-refractivity contribution in [3.63, 3.8) is 0 Å². The molecule has 1 heterocycles. The maximum absolute atomic E-state index is 12.1. The first-order valence-corrected chi connectivity index (χ1v) is 10.4.